The molecule has 0 saturated carbocycles. The summed E-state index contributed by atoms with van der Waals surface area (Å²) in [6, 6.07) is 8.74. The Morgan fingerprint density at radius 2 is 2.05 bits per heavy atom. The molecule has 2 unspecified atom stereocenters. The summed E-state index contributed by atoms with van der Waals surface area (Å²) in [4.78, 5) is 2.52. The molecule has 0 aromatic heterocycles. The van der Waals surface area contributed by atoms with Crippen LogP contribution in [0.1, 0.15) is 50.3 Å². The summed E-state index contributed by atoms with van der Waals surface area (Å²) in [6.45, 7) is 6.93. The molecule has 2 heteroatoms. The van der Waals surface area contributed by atoms with Crippen molar-refractivity contribution in [3.05, 3.63) is 35.4 Å². The topological polar surface area (TPSA) is 23.5 Å². The molecule has 1 heterocycles. The highest BCUT2D eigenvalue weighted by Gasteiger charge is 2.37. The summed E-state index contributed by atoms with van der Waals surface area (Å²) in [5, 5.41) is 10.8. The number of benzene rings is 1. The molecule has 0 radical (unpaired) electrons. The zero-order valence-corrected chi connectivity index (χ0v) is 12.1. The van der Waals surface area contributed by atoms with E-state index in [-0.39, 0.29) is 6.10 Å². The van der Waals surface area contributed by atoms with Crippen molar-refractivity contribution in [3.8, 4) is 0 Å². The molecule has 19 heavy (non-hydrogen) atoms. The number of likely N-dealkylation sites (tertiary alicyclic amines) is 1. The molecule has 3 rings (SSSR count). The fraction of sp³-hybridized carbons (Fsp3) is 0.647. The fourth-order valence-corrected chi connectivity index (χ4v) is 3.74. The Morgan fingerprint density at radius 1 is 1.26 bits per heavy atom. The van der Waals surface area contributed by atoms with E-state index in [4.69, 9.17) is 0 Å². The lowest BCUT2D eigenvalue weighted by Gasteiger charge is -2.32. The number of aryl methyl sites for hydroxylation is 1. The molecule has 1 aromatic carbocycles. The predicted molar refractivity (Wildman–Crippen MR) is 78.1 cm³/mol. The molecular weight excluding hydrogens is 234 g/mol. The van der Waals surface area contributed by atoms with Crippen molar-refractivity contribution >= 4 is 0 Å². The number of hydrogen-bond donors (Lipinski definition) is 1. The second-order valence-electron chi connectivity index (χ2n) is 6.99. The van der Waals surface area contributed by atoms with Crippen molar-refractivity contribution in [1.82, 2.24) is 4.90 Å². The van der Waals surface area contributed by atoms with Gasteiger partial charge in [-0.1, -0.05) is 38.1 Å². The molecule has 2 aliphatic rings. The first kappa shape index (κ1) is 13.1. The standard InChI is InChI=1S/C17H25NO/c1-17(2)10-11-18(12-17)15-9-5-7-13-6-3-4-8-14(13)16(15)19/h3-4,6,8,15-16,19H,5,7,9-12H2,1-2H3. The van der Waals surface area contributed by atoms with Gasteiger partial charge in [0, 0.05) is 12.6 Å². The number of aliphatic hydroxyl groups is 1. The Morgan fingerprint density at radius 3 is 2.79 bits per heavy atom. The average molecular weight is 259 g/mol. The van der Waals surface area contributed by atoms with Gasteiger partial charge in [0.1, 0.15) is 0 Å². The summed E-state index contributed by atoms with van der Waals surface area (Å²) in [6.07, 6.45) is 4.35. The van der Waals surface area contributed by atoms with Crippen LogP contribution in [-0.4, -0.2) is 29.1 Å². The van der Waals surface area contributed by atoms with Gasteiger partial charge < -0.3 is 5.11 Å². The van der Waals surface area contributed by atoms with Crippen molar-refractivity contribution in [3.63, 3.8) is 0 Å². The molecule has 1 fully saturated rings. The van der Waals surface area contributed by atoms with Gasteiger partial charge in [-0.25, -0.2) is 0 Å². The molecular formula is C17H25NO. The summed E-state index contributed by atoms with van der Waals surface area (Å²) < 4.78 is 0. The van der Waals surface area contributed by atoms with Crippen molar-refractivity contribution in [1.29, 1.82) is 0 Å². The van der Waals surface area contributed by atoms with E-state index in [2.05, 4.69) is 43.0 Å². The normalized spacial score (nSPS) is 30.9. The van der Waals surface area contributed by atoms with Crippen LogP contribution in [0.25, 0.3) is 0 Å². The van der Waals surface area contributed by atoms with Crippen LogP contribution >= 0.6 is 0 Å². The second kappa shape index (κ2) is 4.92. The molecule has 2 nitrogen and oxygen atoms in total. The van der Waals surface area contributed by atoms with Crippen molar-refractivity contribution < 1.29 is 5.11 Å². The maximum atomic E-state index is 10.8. The van der Waals surface area contributed by atoms with E-state index in [1.165, 1.54) is 18.4 Å². The van der Waals surface area contributed by atoms with Gasteiger partial charge >= 0.3 is 0 Å². The quantitative estimate of drug-likeness (QED) is 0.783. The molecule has 2 atom stereocenters. The lowest BCUT2D eigenvalue weighted by Crippen LogP contribution is -2.38. The first-order valence-electron chi connectivity index (χ1n) is 7.57. The molecule has 1 aliphatic heterocycles. The van der Waals surface area contributed by atoms with Gasteiger partial charge in [0.2, 0.25) is 0 Å². The molecule has 1 aromatic rings. The SMILES string of the molecule is CC1(C)CCN(C2CCCc3ccccc3C2O)C1. The molecule has 0 spiro atoms. The first-order chi connectivity index (χ1) is 9.07. The zero-order chi connectivity index (χ0) is 13.5. The van der Waals surface area contributed by atoms with Gasteiger partial charge in [-0.05, 0) is 48.8 Å². The largest absolute Gasteiger partial charge is 0.387 e. The van der Waals surface area contributed by atoms with Crippen LogP contribution in [0.4, 0.5) is 0 Å². The minimum Gasteiger partial charge on any atom is -0.387 e. The summed E-state index contributed by atoms with van der Waals surface area (Å²) in [7, 11) is 0. The molecule has 1 N–H and O–H groups in total. The van der Waals surface area contributed by atoms with E-state index in [1.54, 1.807) is 0 Å². The second-order valence-corrected chi connectivity index (χ2v) is 6.99. The van der Waals surface area contributed by atoms with E-state index in [0.29, 0.717) is 11.5 Å². The predicted octanol–water partition coefficient (Wildman–Crippen LogP) is 3.16. The number of fused-ring (bicyclic) bond motifs is 1. The highest BCUT2D eigenvalue weighted by atomic mass is 16.3. The Labute approximate surface area is 116 Å². The number of hydrogen-bond acceptors (Lipinski definition) is 2. The lowest BCUT2D eigenvalue weighted by molar-refractivity contribution is 0.0531. The average Bonchev–Trinajstić information content (AvgIpc) is 2.65. The minimum absolute atomic E-state index is 0.311. The van der Waals surface area contributed by atoms with E-state index in [0.717, 1.165) is 31.5 Å². The van der Waals surface area contributed by atoms with Crippen molar-refractivity contribution in [2.45, 2.75) is 51.7 Å². The van der Waals surface area contributed by atoms with Gasteiger partial charge in [-0.3, -0.25) is 4.90 Å². The van der Waals surface area contributed by atoms with Crippen LogP contribution in [0, 0.1) is 5.41 Å². The van der Waals surface area contributed by atoms with Gasteiger partial charge in [-0.15, -0.1) is 0 Å². The monoisotopic (exact) mass is 259 g/mol. The Kier molecular flexibility index (Phi) is 3.40. The maximum absolute atomic E-state index is 10.8. The Bertz CT molecular complexity index is 454. The van der Waals surface area contributed by atoms with Crippen LogP contribution in [0.5, 0.6) is 0 Å². The molecule has 0 bridgehead atoms. The highest BCUT2D eigenvalue weighted by Crippen LogP contribution is 2.37. The summed E-state index contributed by atoms with van der Waals surface area (Å²) in [5.41, 5.74) is 2.91. The van der Waals surface area contributed by atoms with Crippen LogP contribution in [-0.2, 0) is 6.42 Å². The first-order valence-corrected chi connectivity index (χ1v) is 7.57. The zero-order valence-electron chi connectivity index (χ0n) is 12.1. The number of aliphatic hydroxyl groups excluding tert-OH is 1. The van der Waals surface area contributed by atoms with Crippen LogP contribution < -0.4 is 0 Å². The smallest absolute Gasteiger partial charge is 0.0947 e. The fourth-order valence-electron chi connectivity index (χ4n) is 3.74. The van der Waals surface area contributed by atoms with Crippen LogP contribution in [0.2, 0.25) is 0 Å². The van der Waals surface area contributed by atoms with E-state index in [9.17, 15) is 5.11 Å². The molecule has 0 amide bonds. The number of nitrogens with zero attached hydrogens (tertiary/aromatic N) is 1. The van der Waals surface area contributed by atoms with Crippen LogP contribution in [0.3, 0.4) is 0 Å². The molecule has 104 valence electrons. The highest BCUT2D eigenvalue weighted by molar-refractivity contribution is 5.31. The Balaban J connectivity index is 1.84. The Hall–Kier alpha value is -0.860. The third-order valence-electron chi connectivity index (χ3n) is 4.86. The van der Waals surface area contributed by atoms with Gasteiger partial charge in [0.25, 0.3) is 0 Å². The molecule has 1 saturated heterocycles. The third-order valence-corrected chi connectivity index (χ3v) is 4.86. The van der Waals surface area contributed by atoms with Crippen molar-refractivity contribution in [2.24, 2.45) is 5.41 Å². The third kappa shape index (κ3) is 2.56. The van der Waals surface area contributed by atoms with E-state index in [1.807, 2.05) is 0 Å². The van der Waals surface area contributed by atoms with Crippen LogP contribution in [0.15, 0.2) is 24.3 Å². The van der Waals surface area contributed by atoms with Gasteiger partial charge in [-0.2, -0.15) is 0 Å². The maximum Gasteiger partial charge on any atom is 0.0947 e. The summed E-state index contributed by atoms with van der Waals surface area (Å²) >= 11 is 0. The number of rotatable bonds is 1. The molecule has 1 aliphatic carbocycles. The van der Waals surface area contributed by atoms with Gasteiger partial charge in [0.15, 0.2) is 0 Å². The van der Waals surface area contributed by atoms with E-state index >= 15 is 0 Å². The summed E-state index contributed by atoms with van der Waals surface area (Å²) in [5.74, 6) is 0. The minimum atomic E-state index is -0.312. The van der Waals surface area contributed by atoms with Crippen molar-refractivity contribution in [2.75, 3.05) is 13.1 Å². The van der Waals surface area contributed by atoms with Gasteiger partial charge in [0.05, 0.1) is 6.10 Å². The van der Waals surface area contributed by atoms with E-state index < -0.39 is 0 Å². The lowest BCUT2D eigenvalue weighted by atomic mass is 9.93.